The quantitative estimate of drug-likeness (QED) is 0.454. The van der Waals surface area contributed by atoms with Crippen LogP contribution in [0.25, 0.3) is 11.0 Å². The second kappa shape index (κ2) is 9.08. The zero-order valence-corrected chi connectivity index (χ0v) is 18.4. The van der Waals surface area contributed by atoms with Crippen LogP contribution in [0.4, 0.5) is 5.82 Å². The molecule has 4 rings (SSSR count). The zero-order valence-electron chi connectivity index (χ0n) is 16.7. The lowest BCUT2D eigenvalue weighted by Crippen LogP contribution is -2.30. The molecule has 0 atom stereocenters. The molecular weight excluding hydrogens is 406 g/mol. The highest BCUT2D eigenvalue weighted by Crippen LogP contribution is 2.29. The number of nitrogens with one attached hydrogen (secondary N) is 1. The average molecular weight is 432 g/mol. The van der Waals surface area contributed by atoms with Gasteiger partial charge in [0.1, 0.15) is 11.5 Å². The summed E-state index contributed by atoms with van der Waals surface area (Å²) in [6.45, 7) is 7.05. The molecule has 8 nitrogen and oxygen atoms in total. The topological polar surface area (TPSA) is 88.8 Å². The number of carbonyl (C=O) groups excluding carboxylic acids is 1. The van der Waals surface area contributed by atoms with Gasteiger partial charge in [0.2, 0.25) is 0 Å². The molecule has 0 spiro atoms. The summed E-state index contributed by atoms with van der Waals surface area (Å²) in [7, 11) is 0. The van der Waals surface area contributed by atoms with Gasteiger partial charge in [-0.15, -0.1) is 11.3 Å². The van der Waals surface area contributed by atoms with E-state index in [-0.39, 0.29) is 5.91 Å². The molecule has 3 aromatic rings. The van der Waals surface area contributed by atoms with Crippen LogP contribution in [-0.4, -0.2) is 56.0 Å². The number of hydrogen-bond acceptors (Lipinski definition) is 8. The van der Waals surface area contributed by atoms with Crippen LogP contribution in [0.2, 0.25) is 0 Å². The minimum Gasteiger partial charge on any atom is -0.356 e. The highest BCUT2D eigenvalue weighted by atomic mass is 32.2. The molecule has 1 aliphatic heterocycles. The molecule has 29 heavy (non-hydrogen) atoms. The number of aromatic nitrogens is 5. The summed E-state index contributed by atoms with van der Waals surface area (Å²) in [4.78, 5) is 28.4. The summed E-state index contributed by atoms with van der Waals surface area (Å²) in [5, 5.41) is 11.9. The molecule has 3 aromatic heterocycles. The SMILES string of the molecule is CCSc1nc(N2CCCCC2)c2cnn(CCNC(=O)c3csc(C)n3)c2n1. The van der Waals surface area contributed by atoms with Crippen LogP contribution in [0.3, 0.4) is 0 Å². The van der Waals surface area contributed by atoms with Crippen molar-refractivity contribution in [3.63, 3.8) is 0 Å². The van der Waals surface area contributed by atoms with Gasteiger partial charge in [-0.05, 0) is 31.9 Å². The van der Waals surface area contributed by atoms with Crippen LogP contribution in [-0.2, 0) is 6.54 Å². The Balaban J connectivity index is 1.53. The summed E-state index contributed by atoms with van der Waals surface area (Å²) < 4.78 is 1.86. The van der Waals surface area contributed by atoms with E-state index in [9.17, 15) is 4.79 Å². The molecule has 0 saturated carbocycles. The summed E-state index contributed by atoms with van der Waals surface area (Å²) in [6.07, 6.45) is 5.51. The van der Waals surface area contributed by atoms with Crippen molar-refractivity contribution in [1.29, 1.82) is 0 Å². The smallest absolute Gasteiger partial charge is 0.270 e. The number of thioether (sulfide) groups is 1. The normalized spacial score (nSPS) is 14.5. The first kappa shape index (κ1) is 20.1. The van der Waals surface area contributed by atoms with E-state index in [2.05, 4.69) is 27.2 Å². The average Bonchev–Trinajstić information content (AvgIpc) is 3.35. The van der Waals surface area contributed by atoms with Gasteiger partial charge in [0.05, 0.1) is 23.1 Å². The van der Waals surface area contributed by atoms with Crippen LogP contribution in [0.1, 0.15) is 41.7 Å². The van der Waals surface area contributed by atoms with Crippen LogP contribution in [0.5, 0.6) is 0 Å². The summed E-state index contributed by atoms with van der Waals surface area (Å²) in [6, 6.07) is 0. The predicted octanol–water partition coefficient (Wildman–Crippen LogP) is 3.12. The maximum atomic E-state index is 12.2. The molecule has 0 unspecified atom stereocenters. The van der Waals surface area contributed by atoms with E-state index in [4.69, 9.17) is 9.97 Å². The van der Waals surface area contributed by atoms with Crippen molar-refractivity contribution in [3.05, 3.63) is 22.3 Å². The summed E-state index contributed by atoms with van der Waals surface area (Å²) in [5.41, 5.74) is 1.30. The monoisotopic (exact) mass is 431 g/mol. The van der Waals surface area contributed by atoms with Crippen molar-refractivity contribution >= 4 is 45.9 Å². The molecule has 1 aliphatic rings. The summed E-state index contributed by atoms with van der Waals surface area (Å²) in [5.74, 6) is 1.75. The van der Waals surface area contributed by atoms with E-state index in [1.54, 1.807) is 17.1 Å². The van der Waals surface area contributed by atoms with E-state index in [1.165, 1.54) is 30.6 Å². The Labute approximate surface area is 178 Å². The van der Waals surface area contributed by atoms with Crippen LogP contribution < -0.4 is 10.2 Å². The Morgan fingerprint density at radius 3 is 2.79 bits per heavy atom. The lowest BCUT2D eigenvalue weighted by Gasteiger charge is -2.28. The predicted molar refractivity (Wildman–Crippen MR) is 117 cm³/mol. The number of fused-ring (bicyclic) bond motifs is 1. The molecule has 4 heterocycles. The number of carbonyl (C=O) groups is 1. The number of hydrogen-bond donors (Lipinski definition) is 1. The highest BCUT2D eigenvalue weighted by molar-refractivity contribution is 7.99. The molecule has 0 radical (unpaired) electrons. The second-order valence-corrected chi connectivity index (χ2v) is 9.22. The third-order valence-corrected chi connectivity index (χ3v) is 6.35. The first-order valence-electron chi connectivity index (χ1n) is 9.97. The van der Waals surface area contributed by atoms with Crippen molar-refractivity contribution < 1.29 is 4.79 Å². The van der Waals surface area contributed by atoms with Crippen molar-refractivity contribution in [1.82, 2.24) is 30.0 Å². The molecule has 1 N–H and O–H groups in total. The van der Waals surface area contributed by atoms with Gasteiger partial charge >= 0.3 is 0 Å². The number of piperidine rings is 1. The van der Waals surface area contributed by atoms with Crippen molar-refractivity contribution in [2.75, 3.05) is 30.3 Å². The van der Waals surface area contributed by atoms with Gasteiger partial charge in [0.25, 0.3) is 5.91 Å². The van der Waals surface area contributed by atoms with E-state index in [1.807, 2.05) is 17.8 Å². The minimum absolute atomic E-state index is 0.156. The molecule has 154 valence electrons. The largest absolute Gasteiger partial charge is 0.356 e. The van der Waals surface area contributed by atoms with Gasteiger partial charge < -0.3 is 10.2 Å². The molecule has 0 bridgehead atoms. The Morgan fingerprint density at radius 2 is 2.07 bits per heavy atom. The van der Waals surface area contributed by atoms with Gasteiger partial charge in [-0.3, -0.25) is 4.79 Å². The third-order valence-electron chi connectivity index (χ3n) is 4.85. The standard InChI is InChI=1S/C19H25N7OS2/c1-3-28-19-23-16(25-8-5-4-6-9-25)14-11-21-26(17(14)24-19)10-7-20-18(27)15-12-29-13(2)22-15/h11-12H,3-10H2,1-2H3,(H,20,27). The van der Waals surface area contributed by atoms with Gasteiger partial charge in [0.15, 0.2) is 10.8 Å². The van der Waals surface area contributed by atoms with Crippen LogP contribution in [0.15, 0.2) is 16.7 Å². The van der Waals surface area contributed by atoms with Crippen molar-refractivity contribution in [2.24, 2.45) is 0 Å². The van der Waals surface area contributed by atoms with E-state index in [0.29, 0.717) is 18.8 Å². The number of amides is 1. The summed E-state index contributed by atoms with van der Waals surface area (Å²) >= 11 is 3.12. The first-order valence-corrected chi connectivity index (χ1v) is 11.8. The molecule has 0 aliphatic carbocycles. The Hall–Kier alpha value is -2.20. The Bertz CT molecular complexity index is 994. The third kappa shape index (κ3) is 4.53. The van der Waals surface area contributed by atoms with Gasteiger partial charge in [-0.2, -0.15) is 5.10 Å². The van der Waals surface area contributed by atoms with E-state index < -0.39 is 0 Å². The maximum Gasteiger partial charge on any atom is 0.270 e. The Kier molecular flexibility index (Phi) is 6.29. The van der Waals surface area contributed by atoms with Crippen LogP contribution >= 0.6 is 23.1 Å². The zero-order chi connectivity index (χ0) is 20.2. The fourth-order valence-electron chi connectivity index (χ4n) is 3.46. The molecule has 1 amide bonds. The molecule has 0 aromatic carbocycles. The minimum atomic E-state index is -0.156. The second-order valence-electron chi connectivity index (χ2n) is 6.92. The number of aryl methyl sites for hydroxylation is 1. The van der Waals surface area contributed by atoms with E-state index in [0.717, 1.165) is 45.9 Å². The highest BCUT2D eigenvalue weighted by Gasteiger charge is 2.20. The lowest BCUT2D eigenvalue weighted by atomic mass is 10.1. The fraction of sp³-hybridized carbons (Fsp3) is 0.526. The molecule has 1 saturated heterocycles. The van der Waals surface area contributed by atoms with Crippen molar-refractivity contribution in [3.8, 4) is 0 Å². The number of rotatable bonds is 7. The molecular formula is C19H25N7OS2. The number of thiazole rings is 1. The van der Waals surface area contributed by atoms with Gasteiger partial charge in [0, 0.05) is 25.0 Å². The number of nitrogens with zero attached hydrogens (tertiary/aromatic N) is 6. The Morgan fingerprint density at radius 1 is 1.24 bits per heavy atom. The fourth-order valence-corrected chi connectivity index (χ4v) is 4.61. The van der Waals surface area contributed by atoms with E-state index >= 15 is 0 Å². The molecule has 1 fully saturated rings. The molecule has 10 heteroatoms. The maximum absolute atomic E-state index is 12.2. The lowest BCUT2D eigenvalue weighted by molar-refractivity contribution is 0.0947. The van der Waals surface area contributed by atoms with Gasteiger partial charge in [-0.25, -0.2) is 19.6 Å². The van der Waals surface area contributed by atoms with Crippen LogP contribution in [0, 0.1) is 6.92 Å². The first-order chi connectivity index (χ1) is 14.2. The van der Waals surface area contributed by atoms with Crippen molar-refractivity contribution in [2.45, 2.75) is 44.8 Å². The van der Waals surface area contributed by atoms with Gasteiger partial charge in [-0.1, -0.05) is 18.7 Å². The number of anilines is 1.